The first kappa shape index (κ1) is 16.9. The van der Waals surface area contributed by atoms with Gasteiger partial charge in [0.05, 0.1) is 11.9 Å². The molecule has 2 N–H and O–H groups in total. The number of carbonyl (C=O) groups excluding carboxylic acids is 1. The number of nitrogens with one attached hydrogen (secondary N) is 1. The lowest BCUT2D eigenvalue weighted by Gasteiger charge is -2.07. The number of hydrogen-bond acceptors (Lipinski definition) is 3. The monoisotopic (exact) mass is 361 g/mol. The van der Waals surface area contributed by atoms with Gasteiger partial charge < -0.3 is 10.4 Å². The lowest BCUT2D eigenvalue weighted by atomic mass is 10.1. The standard InChI is InChI=1S/C21H16FN3O2/c22-17-6-4-14(5-7-17)15-8-9-25-19(12-23-20(25)11-15)16-2-1-3-18(10-16)24-21(27)13-26/h1-12,26H,13H2,(H,24,27). The number of aliphatic hydroxyl groups is 1. The van der Waals surface area contributed by atoms with Crippen molar-refractivity contribution < 1.29 is 14.3 Å². The predicted molar refractivity (Wildman–Crippen MR) is 102 cm³/mol. The zero-order valence-electron chi connectivity index (χ0n) is 14.3. The maximum absolute atomic E-state index is 13.1. The highest BCUT2D eigenvalue weighted by Gasteiger charge is 2.09. The van der Waals surface area contributed by atoms with Crippen molar-refractivity contribution in [1.29, 1.82) is 0 Å². The summed E-state index contributed by atoms with van der Waals surface area (Å²) in [5.74, 6) is -0.731. The predicted octanol–water partition coefficient (Wildman–Crippen LogP) is 3.74. The van der Waals surface area contributed by atoms with Crippen molar-refractivity contribution in [2.45, 2.75) is 0 Å². The highest BCUT2D eigenvalue weighted by Crippen LogP contribution is 2.27. The molecule has 0 aliphatic rings. The summed E-state index contributed by atoms with van der Waals surface area (Å²) in [6.45, 7) is -0.563. The molecule has 27 heavy (non-hydrogen) atoms. The van der Waals surface area contributed by atoms with Gasteiger partial charge in [-0.15, -0.1) is 0 Å². The number of rotatable bonds is 4. The first-order chi connectivity index (χ1) is 13.1. The van der Waals surface area contributed by atoms with E-state index in [1.165, 1.54) is 12.1 Å². The molecule has 4 rings (SSSR count). The number of nitrogens with zero attached hydrogens (tertiary/aromatic N) is 2. The number of amides is 1. The van der Waals surface area contributed by atoms with Crippen LogP contribution in [0.3, 0.4) is 0 Å². The third-order valence-corrected chi connectivity index (χ3v) is 4.28. The summed E-state index contributed by atoms with van der Waals surface area (Å²) in [7, 11) is 0. The molecule has 0 fully saturated rings. The zero-order valence-corrected chi connectivity index (χ0v) is 14.3. The molecular formula is C21H16FN3O2. The van der Waals surface area contributed by atoms with Crippen molar-refractivity contribution in [2.24, 2.45) is 0 Å². The van der Waals surface area contributed by atoms with Gasteiger partial charge >= 0.3 is 0 Å². The molecule has 0 aliphatic heterocycles. The Hall–Kier alpha value is -3.51. The highest BCUT2D eigenvalue weighted by molar-refractivity contribution is 5.92. The van der Waals surface area contributed by atoms with Gasteiger partial charge in [0.25, 0.3) is 0 Å². The van der Waals surface area contributed by atoms with Gasteiger partial charge in [-0.05, 0) is 47.5 Å². The van der Waals surface area contributed by atoms with Crippen LogP contribution in [0.4, 0.5) is 10.1 Å². The summed E-state index contributed by atoms with van der Waals surface area (Å²) in [6.07, 6.45) is 3.67. The molecule has 0 unspecified atom stereocenters. The summed E-state index contributed by atoms with van der Waals surface area (Å²) in [6, 6.07) is 17.6. The van der Waals surface area contributed by atoms with Crippen LogP contribution in [0.2, 0.25) is 0 Å². The average Bonchev–Trinajstić information content (AvgIpc) is 3.12. The Balaban J connectivity index is 1.71. The Labute approximate surface area is 154 Å². The lowest BCUT2D eigenvalue weighted by molar-refractivity contribution is -0.118. The van der Waals surface area contributed by atoms with Gasteiger partial charge in [-0.2, -0.15) is 0 Å². The van der Waals surface area contributed by atoms with E-state index < -0.39 is 12.5 Å². The largest absolute Gasteiger partial charge is 0.387 e. The van der Waals surface area contributed by atoms with Crippen molar-refractivity contribution in [2.75, 3.05) is 11.9 Å². The molecule has 0 atom stereocenters. The van der Waals surface area contributed by atoms with Crippen molar-refractivity contribution >= 4 is 17.2 Å². The van der Waals surface area contributed by atoms with E-state index >= 15 is 0 Å². The second-order valence-corrected chi connectivity index (χ2v) is 6.08. The van der Waals surface area contributed by atoms with Crippen LogP contribution in [0.25, 0.3) is 28.0 Å². The topological polar surface area (TPSA) is 66.6 Å². The molecule has 0 saturated heterocycles. The number of carbonyl (C=O) groups is 1. The number of halogens is 1. The van der Waals surface area contributed by atoms with Crippen LogP contribution < -0.4 is 5.32 Å². The molecule has 5 nitrogen and oxygen atoms in total. The molecule has 0 bridgehead atoms. The van der Waals surface area contributed by atoms with E-state index in [-0.39, 0.29) is 5.82 Å². The minimum absolute atomic E-state index is 0.268. The number of aromatic nitrogens is 2. The van der Waals surface area contributed by atoms with Gasteiger partial charge in [-0.1, -0.05) is 24.3 Å². The second kappa shape index (κ2) is 7.01. The Morgan fingerprint density at radius 3 is 2.63 bits per heavy atom. The number of benzene rings is 2. The van der Waals surface area contributed by atoms with E-state index in [0.717, 1.165) is 28.0 Å². The first-order valence-electron chi connectivity index (χ1n) is 8.38. The van der Waals surface area contributed by atoms with E-state index in [1.54, 1.807) is 24.4 Å². The van der Waals surface area contributed by atoms with Crippen LogP contribution in [0, 0.1) is 5.82 Å². The Morgan fingerprint density at radius 2 is 1.85 bits per heavy atom. The summed E-state index contributed by atoms with van der Waals surface area (Å²) in [4.78, 5) is 15.8. The summed E-state index contributed by atoms with van der Waals surface area (Å²) in [5.41, 5.74) is 4.98. The average molecular weight is 361 g/mol. The quantitative estimate of drug-likeness (QED) is 0.582. The Kier molecular flexibility index (Phi) is 4.40. The van der Waals surface area contributed by atoms with Gasteiger partial charge in [-0.25, -0.2) is 9.37 Å². The van der Waals surface area contributed by atoms with Gasteiger partial charge in [0, 0.05) is 17.4 Å². The molecular weight excluding hydrogens is 345 g/mol. The fourth-order valence-corrected chi connectivity index (χ4v) is 2.97. The van der Waals surface area contributed by atoms with Crippen LogP contribution in [0.1, 0.15) is 0 Å². The number of imidazole rings is 1. The molecule has 0 radical (unpaired) electrons. The molecule has 2 heterocycles. The Morgan fingerprint density at radius 1 is 1.04 bits per heavy atom. The van der Waals surface area contributed by atoms with Gasteiger partial charge in [0.2, 0.25) is 5.91 Å². The molecule has 2 aromatic heterocycles. The third-order valence-electron chi connectivity index (χ3n) is 4.28. The molecule has 2 aromatic carbocycles. The fourth-order valence-electron chi connectivity index (χ4n) is 2.97. The van der Waals surface area contributed by atoms with Crippen LogP contribution in [0.15, 0.2) is 73.1 Å². The van der Waals surface area contributed by atoms with Crippen molar-refractivity contribution in [3.63, 3.8) is 0 Å². The van der Waals surface area contributed by atoms with E-state index in [9.17, 15) is 9.18 Å². The van der Waals surface area contributed by atoms with Crippen LogP contribution in [0.5, 0.6) is 0 Å². The van der Waals surface area contributed by atoms with E-state index in [1.807, 2.05) is 40.9 Å². The van der Waals surface area contributed by atoms with E-state index in [4.69, 9.17) is 5.11 Å². The molecule has 1 amide bonds. The maximum Gasteiger partial charge on any atom is 0.250 e. The van der Waals surface area contributed by atoms with E-state index in [2.05, 4.69) is 10.3 Å². The number of fused-ring (bicyclic) bond motifs is 1. The van der Waals surface area contributed by atoms with E-state index in [0.29, 0.717) is 5.69 Å². The van der Waals surface area contributed by atoms with Crippen molar-refractivity contribution in [3.8, 4) is 22.4 Å². The normalized spacial score (nSPS) is 10.9. The summed E-state index contributed by atoms with van der Waals surface area (Å²) < 4.78 is 15.1. The highest BCUT2D eigenvalue weighted by atomic mass is 19.1. The van der Waals surface area contributed by atoms with Crippen LogP contribution in [-0.2, 0) is 4.79 Å². The smallest absolute Gasteiger partial charge is 0.250 e. The van der Waals surface area contributed by atoms with Gasteiger partial charge in [0.15, 0.2) is 0 Å². The molecule has 0 aliphatic carbocycles. The molecule has 0 saturated carbocycles. The number of aliphatic hydroxyl groups excluding tert-OH is 1. The summed E-state index contributed by atoms with van der Waals surface area (Å²) in [5, 5.41) is 11.5. The van der Waals surface area contributed by atoms with Crippen molar-refractivity contribution in [3.05, 3.63) is 78.9 Å². The minimum Gasteiger partial charge on any atom is -0.387 e. The first-order valence-corrected chi connectivity index (χ1v) is 8.38. The second-order valence-electron chi connectivity index (χ2n) is 6.08. The van der Waals surface area contributed by atoms with Crippen LogP contribution in [-0.4, -0.2) is 27.0 Å². The molecule has 4 aromatic rings. The number of pyridine rings is 1. The molecule has 134 valence electrons. The van der Waals surface area contributed by atoms with Gasteiger partial charge in [-0.3, -0.25) is 9.20 Å². The van der Waals surface area contributed by atoms with Crippen LogP contribution >= 0.6 is 0 Å². The Bertz CT molecular complexity index is 1120. The van der Waals surface area contributed by atoms with Crippen molar-refractivity contribution in [1.82, 2.24) is 9.38 Å². The number of hydrogen-bond donors (Lipinski definition) is 2. The molecule has 0 spiro atoms. The number of anilines is 1. The minimum atomic E-state index is -0.563. The van der Waals surface area contributed by atoms with Gasteiger partial charge in [0.1, 0.15) is 18.1 Å². The zero-order chi connectivity index (χ0) is 18.8. The molecule has 6 heteroatoms. The lowest BCUT2D eigenvalue weighted by Crippen LogP contribution is -2.15. The SMILES string of the molecule is O=C(CO)Nc1cccc(-c2cnc3cc(-c4ccc(F)cc4)ccn23)c1. The third kappa shape index (κ3) is 3.43. The fraction of sp³-hybridized carbons (Fsp3) is 0.0476. The maximum atomic E-state index is 13.1. The summed E-state index contributed by atoms with van der Waals surface area (Å²) >= 11 is 0.